The fourth-order valence-electron chi connectivity index (χ4n) is 5.48. The summed E-state index contributed by atoms with van der Waals surface area (Å²) in [6.07, 6.45) is 9.65. The van der Waals surface area contributed by atoms with Crippen LogP contribution in [0, 0.1) is 11.8 Å². The fourth-order valence-corrected chi connectivity index (χ4v) is 5.48. The van der Waals surface area contributed by atoms with Gasteiger partial charge in [0.25, 0.3) is 0 Å². The van der Waals surface area contributed by atoms with Crippen LogP contribution in [0.15, 0.2) is 66.4 Å². The second kappa shape index (κ2) is 11.1. The van der Waals surface area contributed by atoms with Crippen molar-refractivity contribution in [1.29, 1.82) is 0 Å². The molecule has 1 saturated heterocycles. The molecule has 1 aliphatic carbocycles. The zero-order chi connectivity index (χ0) is 23.3. The molecule has 0 N–H and O–H groups in total. The monoisotopic (exact) mass is 430 g/mol. The average Bonchev–Trinajstić information content (AvgIpc) is 3.08. The van der Waals surface area contributed by atoms with Crippen LogP contribution in [0.3, 0.4) is 0 Å². The molecule has 2 heteroatoms. The van der Waals surface area contributed by atoms with E-state index in [1.807, 2.05) is 19.2 Å². The van der Waals surface area contributed by atoms with Crippen molar-refractivity contribution in [3.8, 4) is 0 Å². The predicted octanol–water partition coefficient (Wildman–Crippen LogP) is 7.59. The first-order valence-electron chi connectivity index (χ1n) is 12.3. The maximum absolute atomic E-state index is 4.52. The van der Waals surface area contributed by atoms with Gasteiger partial charge in [-0.05, 0) is 113 Å². The van der Waals surface area contributed by atoms with E-state index in [0.717, 1.165) is 38.9 Å². The van der Waals surface area contributed by atoms with Gasteiger partial charge in [-0.1, -0.05) is 48.6 Å². The molecule has 32 heavy (non-hydrogen) atoms. The first kappa shape index (κ1) is 24.5. The summed E-state index contributed by atoms with van der Waals surface area (Å²) < 4.78 is 0. The van der Waals surface area contributed by atoms with Gasteiger partial charge in [0, 0.05) is 18.5 Å². The van der Waals surface area contributed by atoms with E-state index in [-0.39, 0.29) is 0 Å². The van der Waals surface area contributed by atoms with Gasteiger partial charge in [0.1, 0.15) is 0 Å². The molecule has 0 aromatic heterocycles. The molecule has 3 rings (SSSR count). The van der Waals surface area contributed by atoms with E-state index in [0.29, 0.717) is 17.8 Å². The Kier molecular flexibility index (Phi) is 8.48. The molecule has 0 spiro atoms. The first-order valence-corrected chi connectivity index (χ1v) is 12.3. The van der Waals surface area contributed by atoms with E-state index in [4.69, 9.17) is 0 Å². The molecule has 2 aliphatic rings. The molecule has 0 bridgehead atoms. The number of aliphatic imine (C=N–C) groups is 1. The number of likely N-dealkylation sites (tertiary alicyclic amines) is 1. The number of benzene rings is 1. The Morgan fingerprint density at radius 2 is 1.91 bits per heavy atom. The number of rotatable bonds is 9. The maximum atomic E-state index is 4.52. The molecule has 1 aliphatic heterocycles. The van der Waals surface area contributed by atoms with E-state index in [2.05, 4.69) is 68.6 Å². The van der Waals surface area contributed by atoms with E-state index in [9.17, 15) is 0 Å². The average molecular weight is 431 g/mol. The quantitative estimate of drug-likeness (QED) is 0.291. The van der Waals surface area contributed by atoms with E-state index >= 15 is 0 Å². The van der Waals surface area contributed by atoms with Gasteiger partial charge in [-0.15, -0.1) is 6.58 Å². The Balaban J connectivity index is 1.64. The van der Waals surface area contributed by atoms with Gasteiger partial charge in [-0.2, -0.15) is 0 Å². The Hall–Kier alpha value is -2.19. The van der Waals surface area contributed by atoms with Crippen LogP contribution in [0.5, 0.6) is 0 Å². The molecular weight excluding hydrogens is 388 g/mol. The molecular formula is C30H42N2. The number of hydrogen-bond acceptors (Lipinski definition) is 2. The SMILES string of the molecule is C=C(C)CCC(C(=C)C)C1Cc2cc(C3CCN(C/C(C)=N/C=C\C)CC3)ccc2C1=C. The van der Waals surface area contributed by atoms with Crippen LogP contribution < -0.4 is 0 Å². The molecule has 0 saturated carbocycles. The summed E-state index contributed by atoms with van der Waals surface area (Å²) in [7, 11) is 0. The lowest BCUT2D eigenvalue weighted by atomic mass is 9.79. The largest absolute Gasteiger partial charge is 0.298 e. The lowest BCUT2D eigenvalue weighted by molar-refractivity contribution is 0.238. The van der Waals surface area contributed by atoms with Gasteiger partial charge in [0.05, 0.1) is 0 Å². The smallest absolute Gasteiger partial charge is 0.0365 e. The van der Waals surface area contributed by atoms with Crippen LogP contribution in [-0.4, -0.2) is 30.2 Å². The van der Waals surface area contributed by atoms with Crippen molar-refractivity contribution in [1.82, 2.24) is 4.90 Å². The van der Waals surface area contributed by atoms with Crippen molar-refractivity contribution in [2.24, 2.45) is 16.8 Å². The third-order valence-electron chi connectivity index (χ3n) is 7.32. The summed E-state index contributed by atoms with van der Waals surface area (Å²) in [6, 6.07) is 7.21. The Bertz CT molecular complexity index is 909. The molecule has 0 radical (unpaired) electrons. The molecule has 1 aromatic carbocycles. The van der Waals surface area contributed by atoms with Gasteiger partial charge in [0.2, 0.25) is 0 Å². The summed E-state index contributed by atoms with van der Waals surface area (Å²) in [4.78, 5) is 7.04. The van der Waals surface area contributed by atoms with Crippen molar-refractivity contribution >= 4 is 11.3 Å². The number of hydrogen-bond donors (Lipinski definition) is 0. The lowest BCUT2D eigenvalue weighted by Crippen LogP contribution is -2.36. The van der Waals surface area contributed by atoms with Gasteiger partial charge < -0.3 is 0 Å². The van der Waals surface area contributed by atoms with E-state index < -0.39 is 0 Å². The third kappa shape index (κ3) is 5.98. The molecule has 2 nitrogen and oxygen atoms in total. The van der Waals surface area contributed by atoms with Gasteiger partial charge in [-0.25, -0.2) is 0 Å². The zero-order valence-electron chi connectivity index (χ0n) is 20.8. The Morgan fingerprint density at radius 1 is 1.19 bits per heavy atom. The predicted molar refractivity (Wildman–Crippen MR) is 141 cm³/mol. The third-order valence-corrected chi connectivity index (χ3v) is 7.32. The summed E-state index contributed by atoms with van der Waals surface area (Å²) in [5, 5.41) is 0. The minimum absolute atomic E-state index is 0.485. The van der Waals surface area contributed by atoms with E-state index in [1.165, 1.54) is 52.0 Å². The molecule has 1 aromatic rings. The van der Waals surface area contributed by atoms with Crippen molar-refractivity contribution in [3.05, 3.63) is 78.0 Å². The van der Waals surface area contributed by atoms with Gasteiger partial charge in [-0.3, -0.25) is 9.89 Å². The normalized spacial score (nSPS) is 21.2. The van der Waals surface area contributed by atoms with Crippen LogP contribution in [0.25, 0.3) is 5.57 Å². The zero-order valence-corrected chi connectivity index (χ0v) is 20.8. The maximum Gasteiger partial charge on any atom is 0.0365 e. The highest BCUT2D eigenvalue weighted by Crippen LogP contribution is 2.45. The molecule has 2 unspecified atom stereocenters. The highest BCUT2D eigenvalue weighted by Gasteiger charge is 2.33. The number of piperidine rings is 1. The number of allylic oxidation sites excluding steroid dienone is 4. The molecule has 1 fully saturated rings. The first-order chi connectivity index (χ1) is 15.3. The number of nitrogens with zero attached hydrogens (tertiary/aromatic N) is 2. The molecule has 0 amide bonds. The van der Waals surface area contributed by atoms with Crippen molar-refractivity contribution in [2.75, 3.05) is 19.6 Å². The second-order valence-corrected chi connectivity index (χ2v) is 10.1. The van der Waals surface area contributed by atoms with Gasteiger partial charge >= 0.3 is 0 Å². The fraction of sp³-hybridized carbons (Fsp3) is 0.500. The molecule has 172 valence electrons. The molecule has 1 heterocycles. The summed E-state index contributed by atoms with van der Waals surface area (Å²) in [5.74, 6) is 1.64. The summed E-state index contributed by atoms with van der Waals surface area (Å²) in [5.41, 5.74) is 9.45. The van der Waals surface area contributed by atoms with Crippen LogP contribution >= 0.6 is 0 Å². The lowest BCUT2D eigenvalue weighted by Gasteiger charge is -2.32. The Morgan fingerprint density at radius 3 is 2.53 bits per heavy atom. The standard InChI is InChI=1S/C30H42N2/c1-8-15-31-23(6)20-32-16-13-25(14-17-32)26-10-12-29-24(7)30(19-27(29)18-26)28(22(4)5)11-9-21(2)3/h8,10,12,15,18,25,28,30H,2,4,7,9,11,13-14,16-17,19-20H2,1,3,5-6H3/b15-8-,31-23+. The summed E-state index contributed by atoms with van der Waals surface area (Å²) in [6.45, 7) is 24.7. The van der Waals surface area contributed by atoms with Crippen LogP contribution in [0.2, 0.25) is 0 Å². The minimum atomic E-state index is 0.485. The van der Waals surface area contributed by atoms with E-state index in [1.54, 1.807) is 0 Å². The van der Waals surface area contributed by atoms with Crippen molar-refractivity contribution in [2.45, 2.75) is 65.7 Å². The van der Waals surface area contributed by atoms with Crippen LogP contribution in [0.4, 0.5) is 0 Å². The number of fused-ring (bicyclic) bond motifs is 1. The highest BCUT2D eigenvalue weighted by atomic mass is 15.1. The minimum Gasteiger partial charge on any atom is -0.298 e. The van der Waals surface area contributed by atoms with Crippen LogP contribution in [0.1, 0.15) is 76.0 Å². The summed E-state index contributed by atoms with van der Waals surface area (Å²) >= 11 is 0. The highest BCUT2D eigenvalue weighted by molar-refractivity contribution is 5.84. The van der Waals surface area contributed by atoms with Crippen molar-refractivity contribution < 1.29 is 0 Å². The van der Waals surface area contributed by atoms with Crippen molar-refractivity contribution in [3.63, 3.8) is 0 Å². The Labute approximate surface area is 196 Å². The second-order valence-electron chi connectivity index (χ2n) is 10.1. The topological polar surface area (TPSA) is 15.6 Å². The molecule has 2 atom stereocenters. The van der Waals surface area contributed by atoms with Crippen LogP contribution in [-0.2, 0) is 6.42 Å². The van der Waals surface area contributed by atoms with Gasteiger partial charge in [0.15, 0.2) is 0 Å².